The first kappa shape index (κ1) is 18.0. The van der Waals surface area contributed by atoms with Crippen LogP contribution < -0.4 is 4.74 Å². The van der Waals surface area contributed by atoms with E-state index in [1.807, 2.05) is 36.4 Å². The highest BCUT2D eigenvalue weighted by Gasteiger charge is 2.23. The van der Waals surface area contributed by atoms with Crippen LogP contribution >= 0.6 is 34.2 Å². The molecule has 0 spiro atoms. The summed E-state index contributed by atoms with van der Waals surface area (Å²) >= 11 is 8.09. The van der Waals surface area contributed by atoms with Gasteiger partial charge in [0.2, 0.25) is 0 Å². The number of carboxylic acids is 1. The van der Waals surface area contributed by atoms with E-state index in [4.69, 9.17) is 21.4 Å². The third-order valence-corrected chi connectivity index (χ3v) is 4.20. The van der Waals surface area contributed by atoms with Crippen LogP contribution in [0.3, 0.4) is 0 Å². The number of hydrogen-bond donors (Lipinski definition) is 1. The van der Waals surface area contributed by atoms with Crippen molar-refractivity contribution in [2.75, 3.05) is 20.2 Å². The van der Waals surface area contributed by atoms with E-state index in [1.54, 1.807) is 6.07 Å². The van der Waals surface area contributed by atoms with Gasteiger partial charge in [-0.15, -0.1) is 0 Å². The Hall–Kier alpha value is -1.02. The minimum Gasteiger partial charge on any atom is -0.496 e. The molecule has 0 bridgehead atoms. The van der Waals surface area contributed by atoms with Crippen LogP contribution in [-0.2, 0) is 4.79 Å². The molecule has 0 aliphatic heterocycles. The highest BCUT2D eigenvalue weighted by molar-refractivity contribution is 14.1. The van der Waals surface area contributed by atoms with E-state index < -0.39 is 11.9 Å². The van der Waals surface area contributed by atoms with Crippen LogP contribution in [0, 0.1) is 9.49 Å². The van der Waals surface area contributed by atoms with Crippen molar-refractivity contribution in [3.63, 3.8) is 0 Å². The number of rotatable bonds is 6. The summed E-state index contributed by atoms with van der Waals surface area (Å²) in [7, 11) is 1.46. The van der Waals surface area contributed by atoms with Gasteiger partial charge < -0.3 is 14.7 Å². The molecule has 0 unspecified atom stereocenters. The van der Waals surface area contributed by atoms with Gasteiger partial charge in [-0.05, 0) is 40.6 Å². The Morgan fingerprint density at radius 1 is 1.43 bits per heavy atom. The maximum atomic E-state index is 12.6. The number of amides is 1. The van der Waals surface area contributed by atoms with Gasteiger partial charge in [0.1, 0.15) is 12.3 Å². The number of ether oxygens (including phenoxy) is 1. The molecule has 0 aliphatic carbocycles. The number of hydrogen-bond acceptors (Lipinski definition) is 3. The van der Waals surface area contributed by atoms with E-state index in [2.05, 4.69) is 0 Å². The van der Waals surface area contributed by atoms with Crippen molar-refractivity contribution in [3.05, 3.63) is 26.3 Å². The summed E-state index contributed by atoms with van der Waals surface area (Å²) in [5.74, 6) is -0.924. The number of nitrogens with zero attached hydrogens (tertiary/aromatic N) is 1. The van der Waals surface area contributed by atoms with Gasteiger partial charge in [-0.2, -0.15) is 0 Å². The average molecular weight is 426 g/mol. The van der Waals surface area contributed by atoms with Crippen molar-refractivity contribution in [1.29, 1.82) is 0 Å². The molecule has 0 aliphatic rings. The molecule has 116 valence electrons. The first-order chi connectivity index (χ1) is 9.76. The zero-order chi connectivity index (χ0) is 16.2. The fourth-order valence-corrected chi connectivity index (χ4v) is 2.46. The summed E-state index contributed by atoms with van der Waals surface area (Å²) in [6.45, 7) is 3.82. The lowest BCUT2D eigenvalue weighted by Gasteiger charge is -2.23. The maximum Gasteiger partial charge on any atom is 0.323 e. The minimum absolute atomic E-state index is 0.151. The predicted molar refractivity (Wildman–Crippen MR) is 89.1 cm³/mol. The molecule has 21 heavy (non-hydrogen) atoms. The van der Waals surface area contributed by atoms with Gasteiger partial charge in [0.25, 0.3) is 5.91 Å². The minimum atomic E-state index is -1.06. The molecule has 0 fully saturated rings. The first-order valence-electron chi connectivity index (χ1n) is 6.30. The monoisotopic (exact) mass is 425 g/mol. The zero-order valence-electron chi connectivity index (χ0n) is 12.0. The number of carboxylic acid groups (broad SMARTS) is 1. The molecule has 5 nitrogen and oxygen atoms in total. The first-order valence-corrected chi connectivity index (χ1v) is 7.76. The van der Waals surface area contributed by atoms with Crippen molar-refractivity contribution >= 4 is 46.1 Å². The summed E-state index contributed by atoms with van der Waals surface area (Å²) in [6, 6.07) is 3.17. The van der Waals surface area contributed by atoms with Gasteiger partial charge in [-0.25, -0.2) is 0 Å². The van der Waals surface area contributed by atoms with Crippen LogP contribution in [0.4, 0.5) is 0 Å². The zero-order valence-corrected chi connectivity index (χ0v) is 14.9. The molecule has 1 rings (SSSR count). The Balaban J connectivity index is 3.18. The van der Waals surface area contributed by atoms with Gasteiger partial charge >= 0.3 is 5.97 Å². The number of halogens is 2. The third-order valence-electron chi connectivity index (χ3n) is 2.67. The molecular weight excluding hydrogens is 409 g/mol. The smallest absolute Gasteiger partial charge is 0.323 e. The van der Waals surface area contributed by atoms with Crippen molar-refractivity contribution < 1.29 is 19.4 Å². The topological polar surface area (TPSA) is 66.8 Å². The van der Waals surface area contributed by atoms with Crippen molar-refractivity contribution in [2.45, 2.75) is 13.8 Å². The molecule has 0 aromatic heterocycles. The summed E-state index contributed by atoms with van der Waals surface area (Å²) < 4.78 is 5.96. The summed E-state index contributed by atoms with van der Waals surface area (Å²) in [6.07, 6.45) is 0. The van der Waals surface area contributed by atoms with Crippen molar-refractivity contribution in [3.8, 4) is 5.75 Å². The van der Waals surface area contributed by atoms with Gasteiger partial charge in [0.05, 0.1) is 17.7 Å². The second-order valence-corrected chi connectivity index (χ2v) is 6.51. The Labute approximate surface area is 142 Å². The van der Waals surface area contributed by atoms with Crippen LogP contribution in [0.15, 0.2) is 12.1 Å². The number of methoxy groups -OCH3 is 1. The van der Waals surface area contributed by atoms with Crippen LogP contribution in [0.2, 0.25) is 5.02 Å². The van der Waals surface area contributed by atoms with E-state index in [0.717, 1.165) is 3.57 Å². The van der Waals surface area contributed by atoms with E-state index in [0.29, 0.717) is 17.3 Å². The van der Waals surface area contributed by atoms with Crippen LogP contribution in [0.25, 0.3) is 0 Å². The van der Waals surface area contributed by atoms with Crippen molar-refractivity contribution in [2.24, 2.45) is 5.92 Å². The molecule has 0 saturated heterocycles. The van der Waals surface area contributed by atoms with Gasteiger partial charge in [-0.1, -0.05) is 25.4 Å². The molecule has 7 heteroatoms. The fourth-order valence-electron chi connectivity index (χ4n) is 1.86. The summed E-state index contributed by atoms with van der Waals surface area (Å²) in [5.41, 5.74) is 0.268. The summed E-state index contributed by atoms with van der Waals surface area (Å²) in [5, 5.41) is 9.40. The predicted octanol–water partition coefficient (Wildman–Crippen LogP) is 3.14. The molecule has 1 aromatic rings. The molecule has 0 atom stereocenters. The Morgan fingerprint density at radius 2 is 2.05 bits per heavy atom. The van der Waals surface area contributed by atoms with Gasteiger partial charge in [0, 0.05) is 10.1 Å². The molecule has 0 saturated carbocycles. The SMILES string of the molecule is COc1cc(I)c(Cl)cc1C(=O)N(CC(=O)O)CC(C)C. The fraction of sp³-hybridized carbons (Fsp3) is 0.429. The Kier molecular flexibility index (Phi) is 6.73. The van der Waals surface area contributed by atoms with Crippen molar-refractivity contribution in [1.82, 2.24) is 4.90 Å². The average Bonchev–Trinajstić information content (AvgIpc) is 2.38. The van der Waals surface area contributed by atoms with E-state index >= 15 is 0 Å². The highest BCUT2D eigenvalue weighted by atomic mass is 127. The van der Waals surface area contributed by atoms with Gasteiger partial charge in [0.15, 0.2) is 0 Å². The molecule has 1 amide bonds. The Morgan fingerprint density at radius 3 is 2.52 bits per heavy atom. The molecule has 1 aromatic carbocycles. The van der Waals surface area contributed by atoms with Gasteiger partial charge in [-0.3, -0.25) is 9.59 Å². The van der Waals surface area contributed by atoms with E-state index in [-0.39, 0.29) is 18.0 Å². The number of benzene rings is 1. The molecule has 0 heterocycles. The van der Waals surface area contributed by atoms with E-state index in [9.17, 15) is 9.59 Å². The maximum absolute atomic E-state index is 12.6. The lowest BCUT2D eigenvalue weighted by molar-refractivity contribution is -0.137. The standard InChI is InChI=1S/C14H17ClINO4/c1-8(2)6-17(7-13(18)19)14(20)9-4-10(15)11(16)5-12(9)21-3/h4-5,8H,6-7H2,1-3H3,(H,18,19). The normalized spacial score (nSPS) is 10.6. The Bertz CT molecular complexity index is 548. The highest BCUT2D eigenvalue weighted by Crippen LogP contribution is 2.29. The number of carbonyl (C=O) groups excluding carboxylic acids is 1. The lowest BCUT2D eigenvalue weighted by atomic mass is 10.1. The molecule has 0 radical (unpaired) electrons. The van der Waals surface area contributed by atoms with Crippen LogP contribution in [0.1, 0.15) is 24.2 Å². The third kappa shape index (κ3) is 5.03. The second kappa shape index (κ2) is 7.84. The lowest BCUT2D eigenvalue weighted by Crippen LogP contribution is -2.38. The number of aliphatic carboxylic acids is 1. The van der Waals surface area contributed by atoms with Crippen LogP contribution in [0.5, 0.6) is 5.75 Å². The molecule has 1 N–H and O–H groups in total. The quantitative estimate of drug-likeness (QED) is 0.711. The number of carbonyl (C=O) groups is 2. The molecular formula is C14H17ClINO4. The second-order valence-electron chi connectivity index (χ2n) is 4.94. The van der Waals surface area contributed by atoms with Crippen LogP contribution in [-0.4, -0.2) is 42.1 Å². The summed E-state index contributed by atoms with van der Waals surface area (Å²) in [4.78, 5) is 24.8. The van der Waals surface area contributed by atoms with E-state index in [1.165, 1.54) is 18.1 Å². The largest absolute Gasteiger partial charge is 0.496 e.